The lowest BCUT2D eigenvalue weighted by atomic mass is 9.84. The number of rotatable bonds is 4. The number of carbonyl (C=O) groups is 1. The molecule has 3 aliphatic heterocycles. The Morgan fingerprint density at radius 1 is 1.16 bits per heavy atom. The highest BCUT2D eigenvalue weighted by atomic mass is 16.7. The smallest absolute Gasteiger partial charge is 0.410 e. The molecule has 5 heteroatoms. The van der Waals surface area contributed by atoms with E-state index in [0.717, 1.165) is 37.7 Å². The fourth-order valence-corrected chi connectivity index (χ4v) is 4.09. The zero-order valence-corrected chi connectivity index (χ0v) is 14.4. The van der Waals surface area contributed by atoms with E-state index in [9.17, 15) is 4.79 Å². The van der Waals surface area contributed by atoms with Gasteiger partial charge in [0.25, 0.3) is 0 Å². The molecule has 0 aromatic heterocycles. The molecule has 4 rings (SSSR count). The van der Waals surface area contributed by atoms with Crippen LogP contribution in [0.3, 0.4) is 0 Å². The lowest BCUT2D eigenvalue weighted by Gasteiger charge is -2.44. The van der Waals surface area contributed by atoms with Crippen LogP contribution in [0.15, 0.2) is 42.0 Å². The van der Waals surface area contributed by atoms with Crippen molar-refractivity contribution in [3.05, 3.63) is 47.5 Å². The predicted molar refractivity (Wildman–Crippen MR) is 92.9 cm³/mol. The Labute approximate surface area is 148 Å². The second-order valence-electron chi connectivity index (χ2n) is 7.00. The van der Waals surface area contributed by atoms with Crippen LogP contribution in [0, 0.1) is 0 Å². The third kappa shape index (κ3) is 3.88. The van der Waals surface area contributed by atoms with Gasteiger partial charge in [-0.1, -0.05) is 42.0 Å². The highest BCUT2D eigenvalue weighted by Gasteiger charge is 2.38. The molecule has 1 aromatic rings. The van der Waals surface area contributed by atoms with Crippen molar-refractivity contribution in [1.29, 1.82) is 0 Å². The van der Waals surface area contributed by atoms with E-state index in [1.807, 2.05) is 35.2 Å². The Balaban J connectivity index is 1.39. The van der Waals surface area contributed by atoms with E-state index in [-0.39, 0.29) is 24.5 Å². The van der Waals surface area contributed by atoms with Gasteiger partial charge in [-0.3, -0.25) is 4.90 Å². The van der Waals surface area contributed by atoms with Gasteiger partial charge in [0.05, 0.1) is 19.3 Å². The van der Waals surface area contributed by atoms with Gasteiger partial charge in [-0.25, -0.2) is 4.79 Å². The van der Waals surface area contributed by atoms with Gasteiger partial charge in [-0.15, -0.1) is 0 Å². The predicted octanol–water partition coefficient (Wildman–Crippen LogP) is 3.64. The van der Waals surface area contributed by atoms with E-state index < -0.39 is 0 Å². The summed E-state index contributed by atoms with van der Waals surface area (Å²) in [6.07, 6.45) is 6.88. The van der Waals surface area contributed by atoms with Crippen LogP contribution in [0.1, 0.15) is 37.7 Å². The third-order valence-electron chi connectivity index (χ3n) is 5.25. The highest BCUT2D eigenvalue weighted by Crippen LogP contribution is 2.35. The van der Waals surface area contributed by atoms with Gasteiger partial charge in [0, 0.05) is 12.5 Å². The summed E-state index contributed by atoms with van der Waals surface area (Å²) in [7, 11) is 0. The number of hydrogen-bond acceptors (Lipinski definition) is 4. The standard InChI is InChI=1S/C20H25NO4/c22-20(25-14-15-5-2-1-3-6-15)21-17-7-4-8-18(21)12-16(11-17)13-19-23-9-10-24-19/h1-3,5-6,11,17-19H,4,7-10,12-14H2. The summed E-state index contributed by atoms with van der Waals surface area (Å²) in [5.41, 5.74) is 2.37. The van der Waals surface area contributed by atoms with Crippen LogP contribution < -0.4 is 0 Å². The van der Waals surface area contributed by atoms with Crippen molar-refractivity contribution in [1.82, 2.24) is 4.90 Å². The average molecular weight is 343 g/mol. The van der Waals surface area contributed by atoms with Crippen molar-refractivity contribution in [2.45, 2.75) is 57.1 Å². The van der Waals surface area contributed by atoms with Crippen molar-refractivity contribution in [3.8, 4) is 0 Å². The lowest BCUT2D eigenvalue weighted by Crippen LogP contribution is -2.52. The van der Waals surface area contributed by atoms with E-state index in [0.29, 0.717) is 19.8 Å². The van der Waals surface area contributed by atoms with Crippen LogP contribution >= 0.6 is 0 Å². The molecule has 0 spiro atoms. The molecule has 0 N–H and O–H groups in total. The number of piperidine rings is 1. The summed E-state index contributed by atoms with van der Waals surface area (Å²) >= 11 is 0. The van der Waals surface area contributed by atoms with E-state index in [2.05, 4.69) is 6.08 Å². The molecule has 2 fully saturated rings. The van der Waals surface area contributed by atoms with Crippen LogP contribution in [0.5, 0.6) is 0 Å². The fraction of sp³-hybridized carbons (Fsp3) is 0.550. The molecule has 3 heterocycles. The van der Waals surface area contributed by atoms with Gasteiger partial charge in [-0.05, 0) is 31.2 Å². The first-order valence-corrected chi connectivity index (χ1v) is 9.21. The molecule has 134 valence electrons. The molecule has 25 heavy (non-hydrogen) atoms. The minimum absolute atomic E-state index is 0.108. The molecule has 0 aliphatic carbocycles. The molecule has 3 aliphatic rings. The molecule has 2 unspecified atom stereocenters. The topological polar surface area (TPSA) is 48.0 Å². The minimum atomic E-state index is -0.192. The van der Waals surface area contributed by atoms with Gasteiger partial charge in [0.15, 0.2) is 6.29 Å². The van der Waals surface area contributed by atoms with E-state index >= 15 is 0 Å². The van der Waals surface area contributed by atoms with E-state index in [1.165, 1.54) is 5.57 Å². The summed E-state index contributed by atoms with van der Waals surface area (Å²) in [5.74, 6) is 0. The van der Waals surface area contributed by atoms with E-state index in [1.54, 1.807) is 0 Å². The van der Waals surface area contributed by atoms with Gasteiger partial charge < -0.3 is 14.2 Å². The fourth-order valence-electron chi connectivity index (χ4n) is 4.09. The molecule has 5 nitrogen and oxygen atoms in total. The zero-order chi connectivity index (χ0) is 17.1. The zero-order valence-electron chi connectivity index (χ0n) is 14.4. The lowest BCUT2D eigenvalue weighted by molar-refractivity contribution is -0.0419. The maximum Gasteiger partial charge on any atom is 0.410 e. The number of nitrogens with zero attached hydrogens (tertiary/aromatic N) is 1. The first-order valence-electron chi connectivity index (χ1n) is 9.21. The van der Waals surface area contributed by atoms with Gasteiger partial charge in [-0.2, -0.15) is 0 Å². The van der Waals surface area contributed by atoms with Crippen LogP contribution in [0.25, 0.3) is 0 Å². The summed E-state index contributed by atoms with van der Waals surface area (Å²) in [6, 6.07) is 10.2. The van der Waals surface area contributed by atoms with Crippen LogP contribution in [-0.4, -0.2) is 42.6 Å². The average Bonchev–Trinajstić information content (AvgIpc) is 3.13. The van der Waals surface area contributed by atoms with Crippen LogP contribution in [0.4, 0.5) is 4.79 Å². The summed E-state index contributed by atoms with van der Waals surface area (Å²) in [4.78, 5) is 14.6. The normalized spacial score (nSPS) is 26.4. The second kappa shape index (κ2) is 7.58. The number of amides is 1. The molecular weight excluding hydrogens is 318 g/mol. The molecular formula is C20H25NO4. The molecule has 0 radical (unpaired) electrons. The number of carbonyl (C=O) groups excluding carboxylic acids is 1. The maximum absolute atomic E-state index is 12.7. The van der Waals surface area contributed by atoms with Crippen LogP contribution in [0.2, 0.25) is 0 Å². The number of benzene rings is 1. The molecule has 2 atom stereocenters. The summed E-state index contributed by atoms with van der Waals surface area (Å²) < 4.78 is 16.7. The van der Waals surface area contributed by atoms with Crippen molar-refractivity contribution >= 4 is 6.09 Å². The van der Waals surface area contributed by atoms with Crippen molar-refractivity contribution in [2.24, 2.45) is 0 Å². The maximum atomic E-state index is 12.7. The number of ether oxygens (including phenoxy) is 3. The van der Waals surface area contributed by atoms with Crippen molar-refractivity contribution in [3.63, 3.8) is 0 Å². The Kier molecular flexibility index (Phi) is 5.04. The van der Waals surface area contributed by atoms with Crippen molar-refractivity contribution < 1.29 is 19.0 Å². The first-order chi connectivity index (χ1) is 12.3. The highest BCUT2D eigenvalue weighted by molar-refractivity contribution is 5.69. The quantitative estimate of drug-likeness (QED) is 0.783. The summed E-state index contributed by atoms with van der Waals surface area (Å²) in [5, 5.41) is 0. The van der Waals surface area contributed by atoms with Crippen LogP contribution in [-0.2, 0) is 20.8 Å². The van der Waals surface area contributed by atoms with Gasteiger partial charge >= 0.3 is 6.09 Å². The molecule has 1 aromatic carbocycles. The van der Waals surface area contributed by atoms with Crippen molar-refractivity contribution in [2.75, 3.05) is 13.2 Å². The largest absolute Gasteiger partial charge is 0.445 e. The number of fused-ring (bicyclic) bond motifs is 2. The first kappa shape index (κ1) is 16.6. The SMILES string of the molecule is O=C(OCc1ccccc1)N1C2C=C(CC3OCCO3)CC1CCC2. The second-order valence-corrected chi connectivity index (χ2v) is 7.00. The Morgan fingerprint density at radius 3 is 2.72 bits per heavy atom. The Bertz CT molecular complexity index is 624. The minimum Gasteiger partial charge on any atom is -0.445 e. The Hall–Kier alpha value is -1.85. The molecule has 0 saturated carbocycles. The monoisotopic (exact) mass is 343 g/mol. The van der Waals surface area contributed by atoms with Gasteiger partial charge in [0.2, 0.25) is 0 Å². The number of hydrogen-bond donors (Lipinski definition) is 0. The third-order valence-corrected chi connectivity index (χ3v) is 5.25. The summed E-state index contributed by atoms with van der Waals surface area (Å²) in [6.45, 7) is 1.70. The van der Waals surface area contributed by atoms with Gasteiger partial charge in [0.1, 0.15) is 6.61 Å². The van der Waals surface area contributed by atoms with E-state index in [4.69, 9.17) is 14.2 Å². The Morgan fingerprint density at radius 2 is 1.96 bits per heavy atom. The molecule has 2 bridgehead atoms. The molecule has 1 amide bonds. The molecule has 2 saturated heterocycles.